The number of carboxylic acid groups (broad SMARTS) is 1. The number of rotatable bonds is 10. The van der Waals surface area contributed by atoms with Crippen molar-refractivity contribution in [2.75, 3.05) is 6.54 Å². The zero-order valence-electron chi connectivity index (χ0n) is 19.7. The van der Waals surface area contributed by atoms with E-state index in [2.05, 4.69) is 31.3 Å². The standard InChI is InChI=1S/C28H33NO4/c1-19(2)33-26-16-23(14-15-24(26)27(31)32)21-12-10-20(11-13-21)17-28(3,4)29-18-25(30)22-8-6-5-7-9-22/h5-16,19,25,29-30H,17-18H2,1-4H3,(H,31,32)/t25-/m0/s1. The number of β-amino-alcohol motifs (C(OH)–C–C–N with tert-alkyl or cyclic N) is 1. The molecule has 0 fully saturated rings. The fourth-order valence-electron chi connectivity index (χ4n) is 3.78. The summed E-state index contributed by atoms with van der Waals surface area (Å²) in [5.41, 5.74) is 3.94. The van der Waals surface area contributed by atoms with E-state index in [1.54, 1.807) is 12.1 Å². The molecule has 5 heteroatoms. The van der Waals surface area contributed by atoms with E-state index in [1.165, 1.54) is 5.56 Å². The van der Waals surface area contributed by atoms with E-state index in [1.807, 2.05) is 62.4 Å². The lowest BCUT2D eigenvalue weighted by Gasteiger charge is -2.28. The first-order chi connectivity index (χ1) is 15.6. The van der Waals surface area contributed by atoms with Gasteiger partial charge >= 0.3 is 5.97 Å². The predicted molar refractivity (Wildman–Crippen MR) is 132 cm³/mol. The maximum Gasteiger partial charge on any atom is 0.339 e. The van der Waals surface area contributed by atoms with Gasteiger partial charge in [-0.1, -0.05) is 60.7 Å². The van der Waals surface area contributed by atoms with Crippen LogP contribution in [-0.4, -0.2) is 34.4 Å². The highest BCUT2D eigenvalue weighted by atomic mass is 16.5. The summed E-state index contributed by atoms with van der Waals surface area (Å²) in [5.74, 6) is -0.624. The molecule has 5 nitrogen and oxygen atoms in total. The van der Waals surface area contributed by atoms with Crippen LogP contribution in [0.15, 0.2) is 72.8 Å². The third-order valence-electron chi connectivity index (χ3n) is 5.47. The number of benzene rings is 3. The van der Waals surface area contributed by atoms with E-state index in [0.29, 0.717) is 12.3 Å². The molecule has 0 aromatic heterocycles. The summed E-state index contributed by atoms with van der Waals surface area (Å²) in [6, 6.07) is 23.1. The Labute approximate surface area is 196 Å². The molecule has 0 unspecified atom stereocenters. The summed E-state index contributed by atoms with van der Waals surface area (Å²) in [5, 5.41) is 23.3. The van der Waals surface area contributed by atoms with E-state index >= 15 is 0 Å². The Bertz CT molecular complexity index is 1060. The number of aromatic carboxylic acids is 1. The van der Waals surface area contributed by atoms with E-state index in [-0.39, 0.29) is 17.2 Å². The molecule has 3 aromatic rings. The van der Waals surface area contributed by atoms with E-state index in [0.717, 1.165) is 23.1 Å². The first kappa shape index (κ1) is 24.5. The number of aliphatic hydroxyl groups excluding tert-OH is 1. The number of carbonyl (C=O) groups is 1. The van der Waals surface area contributed by atoms with Crippen LogP contribution in [-0.2, 0) is 6.42 Å². The van der Waals surface area contributed by atoms with Gasteiger partial charge in [-0.2, -0.15) is 0 Å². The van der Waals surface area contributed by atoms with Gasteiger partial charge in [-0.15, -0.1) is 0 Å². The van der Waals surface area contributed by atoms with Gasteiger partial charge in [0.2, 0.25) is 0 Å². The van der Waals surface area contributed by atoms with Gasteiger partial charge in [0, 0.05) is 12.1 Å². The smallest absolute Gasteiger partial charge is 0.339 e. The molecular weight excluding hydrogens is 414 g/mol. The highest BCUT2D eigenvalue weighted by molar-refractivity contribution is 5.92. The minimum atomic E-state index is -1.00. The van der Waals surface area contributed by atoms with Crippen LogP contribution in [0.3, 0.4) is 0 Å². The summed E-state index contributed by atoms with van der Waals surface area (Å²) < 4.78 is 5.73. The lowest BCUT2D eigenvalue weighted by Crippen LogP contribution is -2.43. The average Bonchev–Trinajstić information content (AvgIpc) is 2.78. The normalized spacial score (nSPS) is 12.5. The molecule has 33 heavy (non-hydrogen) atoms. The van der Waals surface area contributed by atoms with E-state index < -0.39 is 12.1 Å². The molecule has 1 atom stereocenters. The van der Waals surface area contributed by atoms with Crippen molar-refractivity contribution in [3.8, 4) is 16.9 Å². The van der Waals surface area contributed by atoms with Crippen molar-refractivity contribution in [3.05, 3.63) is 89.5 Å². The van der Waals surface area contributed by atoms with Gasteiger partial charge in [0.05, 0.1) is 12.2 Å². The fraction of sp³-hybridized carbons (Fsp3) is 0.321. The molecule has 0 bridgehead atoms. The Morgan fingerprint density at radius 1 is 0.970 bits per heavy atom. The summed E-state index contributed by atoms with van der Waals surface area (Å²) in [6.45, 7) is 8.48. The fourth-order valence-corrected chi connectivity index (χ4v) is 3.78. The van der Waals surface area contributed by atoms with Gasteiger partial charge in [-0.05, 0) is 68.5 Å². The lowest BCUT2D eigenvalue weighted by molar-refractivity contribution is 0.0690. The maximum absolute atomic E-state index is 11.5. The second-order valence-electron chi connectivity index (χ2n) is 9.25. The van der Waals surface area contributed by atoms with Gasteiger partial charge in [0.1, 0.15) is 11.3 Å². The number of carboxylic acids is 1. The molecule has 0 saturated carbocycles. The number of hydrogen-bond acceptors (Lipinski definition) is 4. The van der Waals surface area contributed by atoms with Gasteiger partial charge in [-0.25, -0.2) is 4.79 Å². The Morgan fingerprint density at radius 3 is 2.21 bits per heavy atom. The maximum atomic E-state index is 11.5. The van der Waals surface area contributed by atoms with Crippen LogP contribution in [0.4, 0.5) is 0 Å². The highest BCUT2D eigenvalue weighted by Crippen LogP contribution is 2.29. The van der Waals surface area contributed by atoms with Gasteiger partial charge in [0.25, 0.3) is 0 Å². The molecule has 0 radical (unpaired) electrons. The molecule has 0 aliphatic rings. The number of hydrogen-bond donors (Lipinski definition) is 3. The quantitative estimate of drug-likeness (QED) is 0.383. The molecule has 0 aliphatic carbocycles. The third kappa shape index (κ3) is 6.91. The first-order valence-corrected chi connectivity index (χ1v) is 11.3. The van der Waals surface area contributed by atoms with Gasteiger partial charge < -0.3 is 20.3 Å². The summed E-state index contributed by atoms with van der Waals surface area (Å²) in [6.07, 6.45) is 0.133. The lowest BCUT2D eigenvalue weighted by atomic mass is 9.93. The monoisotopic (exact) mass is 447 g/mol. The topological polar surface area (TPSA) is 78.8 Å². The molecule has 3 rings (SSSR count). The van der Waals surface area contributed by atoms with Crippen molar-refractivity contribution in [2.45, 2.75) is 51.9 Å². The van der Waals surface area contributed by atoms with E-state index in [4.69, 9.17) is 4.74 Å². The second-order valence-corrected chi connectivity index (χ2v) is 9.25. The molecule has 0 amide bonds. The van der Waals surface area contributed by atoms with Crippen molar-refractivity contribution >= 4 is 5.97 Å². The molecule has 0 aliphatic heterocycles. The number of aliphatic hydroxyl groups is 1. The third-order valence-corrected chi connectivity index (χ3v) is 5.47. The van der Waals surface area contributed by atoms with Crippen molar-refractivity contribution in [1.82, 2.24) is 5.32 Å². The zero-order valence-corrected chi connectivity index (χ0v) is 19.7. The number of nitrogens with one attached hydrogen (secondary N) is 1. The van der Waals surface area contributed by atoms with Crippen molar-refractivity contribution < 1.29 is 19.7 Å². The average molecular weight is 448 g/mol. The van der Waals surface area contributed by atoms with Crippen LogP contribution in [0.1, 0.15) is 55.3 Å². The van der Waals surface area contributed by atoms with Crippen LogP contribution < -0.4 is 10.1 Å². The molecule has 0 heterocycles. The Morgan fingerprint density at radius 2 is 1.61 bits per heavy atom. The van der Waals surface area contributed by atoms with Crippen LogP contribution in [0.2, 0.25) is 0 Å². The zero-order chi connectivity index (χ0) is 24.0. The summed E-state index contributed by atoms with van der Waals surface area (Å²) in [7, 11) is 0. The van der Waals surface area contributed by atoms with Gasteiger partial charge in [0.15, 0.2) is 0 Å². The summed E-state index contributed by atoms with van der Waals surface area (Å²) >= 11 is 0. The minimum absolute atomic E-state index is 0.115. The van der Waals surface area contributed by atoms with Crippen LogP contribution in [0.5, 0.6) is 5.75 Å². The predicted octanol–water partition coefficient (Wildman–Crippen LogP) is 5.48. The second kappa shape index (κ2) is 10.6. The molecule has 0 saturated heterocycles. The Kier molecular flexibility index (Phi) is 7.90. The van der Waals surface area contributed by atoms with Crippen LogP contribution in [0, 0.1) is 0 Å². The van der Waals surface area contributed by atoms with Crippen LogP contribution in [0.25, 0.3) is 11.1 Å². The Balaban J connectivity index is 1.67. The molecule has 174 valence electrons. The van der Waals surface area contributed by atoms with Gasteiger partial charge in [-0.3, -0.25) is 0 Å². The largest absolute Gasteiger partial charge is 0.490 e. The first-order valence-electron chi connectivity index (χ1n) is 11.3. The summed E-state index contributed by atoms with van der Waals surface area (Å²) in [4.78, 5) is 11.5. The molecule has 0 spiro atoms. The highest BCUT2D eigenvalue weighted by Gasteiger charge is 2.20. The molecular formula is C28H33NO4. The van der Waals surface area contributed by atoms with Crippen molar-refractivity contribution in [2.24, 2.45) is 0 Å². The Hall–Kier alpha value is -3.15. The van der Waals surface area contributed by atoms with Crippen LogP contribution >= 0.6 is 0 Å². The van der Waals surface area contributed by atoms with Crippen molar-refractivity contribution in [1.29, 1.82) is 0 Å². The van der Waals surface area contributed by atoms with Crippen molar-refractivity contribution in [3.63, 3.8) is 0 Å². The van der Waals surface area contributed by atoms with E-state index in [9.17, 15) is 15.0 Å². The molecule has 3 aromatic carbocycles. The minimum Gasteiger partial charge on any atom is -0.490 e. The number of ether oxygens (including phenoxy) is 1. The SMILES string of the molecule is CC(C)Oc1cc(-c2ccc(CC(C)(C)NC[C@H](O)c3ccccc3)cc2)ccc1C(=O)O. The molecule has 3 N–H and O–H groups in total.